The number of Topliss-reactive ketones (excluding diaryl/α,β-unsaturated/α-hetero) is 1. The summed E-state index contributed by atoms with van der Waals surface area (Å²) in [5.41, 5.74) is 2.44. The van der Waals surface area contributed by atoms with Crippen LogP contribution >= 0.6 is 0 Å². The van der Waals surface area contributed by atoms with Gasteiger partial charge in [-0.3, -0.25) is 9.48 Å². The lowest BCUT2D eigenvalue weighted by Gasteiger charge is -1.98. The first-order valence-corrected chi connectivity index (χ1v) is 6.54. The first-order chi connectivity index (χ1) is 9.79. The van der Waals surface area contributed by atoms with Gasteiger partial charge in [-0.2, -0.15) is 15.3 Å². The lowest BCUT2D eigenvalue weighted by atomic mass is 10.1. The monoisotopic (exact) mass is 266 g/mol. The molecule has 3 aromatic rings. The van der Waals surface area contributed by atoms with E-state index in [0.717, 1.165) is 23.1 Å². The van der Waals surface area contributed by atoms with Gasteiger partial charge in [-0.15, -0.1) is 0 Å². The number of hydrogen-bond acceptors (Lipinski definition) is 4. The predicted octanol–water partition coefficient (Wildman–Crippen LogP) is 2.27. The van der Waals surface area contributed by atoms with E-state index in [4.69, 9.17) is 0 Å². The van der Waals surface area contributed by atoms with Crippen molar-refractivity contribution in [3.63, 3.8) is 0 Å². The average molecular weight is 266 g/mol. The summed E-state index contributed by atoms with van der Waals surface area (Å²) >= 11 is 0. The lowest BCUT2D eigenvalue weighted by Crippen LogP contribution is -2.06. The van der Waals surface area contributed by atoms with Gasteiger partial charge in [0.1, 0.15) is 0 Å². The molecule has 1 aromatic carbocycles. The van der Waals surface area contributed by atoms with Gasteiger partial charge >= 0.3 is 0 Å². The number of hydrogen-bond donors (Lipinski definition) is 0. The Morgan fingerprint density at radius 1 is 1.20 bits per heavy atom. The van der Waals surface area contributed by atoms with Crippen molar-refractivity contribution in [1.82, 2.24) is 20.0 Å². The number of para-hydroxylation sites is 1. The topological polar surface area (TPSA) is 60.7 Å². The third kappa shape index (κ3) is 2.18. The molecule has 0 fully saturated rings. The Bertz CT molecular complexity index is 749. The van der Waals surface area contributed by atoms with Crippen molar-refractivity contribution < 1.29 is 4.79 Å². The molecule has 0 spiro atoms. The molecular weight excluding hydrogens is 252 g/mol. The SMILES string of the molecule is CCn1nc(CC(=O)c2ccnnc2)c2ccccc21. The standard InChI is InChI=1S/C15H14N4O/c1-2-19-14-6-4-3-5-12(14)13(18-19)9-15(20)11-7-8-16-17-10-11/h3-8,10H,2,9H2,1H3. The second-order valence-corrected chi connectivity index (χ2v) is 4.51. The largest absolute Gasteiger partial charge is 0.294 e. The van der Waals surface area contributed by atoms with E-state index >= 15 is 0 Å². The minimum Gasteiger partial charge on any atom is -0.294 e. The molecule has 0 bridgehead atoms. The first kappa shape index (κ1) is 12.5. The van der Waals surface area contributed by atoms with Gasteiger partial charge in [-0.1, -0.05) is 18.2 Å². The number of carbonyl (C=O) groups is 1. The molecule has 0 unspecified atom stereocenters. The van der Waals surface area contributed by atoms with Crippen LogP contribution in [-0.4, -0.2) is 25.8 Å². The van der Waals surface area contributed by atoms with Crippen molar-refractivity contribution in [3.05, 3.63) is 54.0 Å². The summed E-state index contributed by atoms with van der Waals surface area (Å²) in [6.07, 6.45) is 3.29. The molecule has 0 amide bonds. The van der Waals surface area contributed by atoms with Crippen LogP contribution in [0.5, 0.6) is 0 Å². The van der Waals surface area contributed by atoms with Crippen LogP contribution in [0, 0.1) is 0 Å². The first-order valence-electron chi connectivity index (χ1n) is 6.54. The van der Waals surface area contributed by atoms with Gasteiger partial charge < -0.3 is 0 Å². The number of carbonyl (C=O) groups excluding carboxylic acids is 1. The molecule has 2 heterocycles. The number of aromatic nitrogens is 4. The maximum atomic E-state index is 12.2. The molecule has 100 valence electrons. The Morgan fingerprint density at radius 2 is 2.05 bits per heavy atom. The molecule has 5 nitrogen and oxygen atoms in total. The number of nitrogens with zero attached hydrogens (tertiary/aromatic N) is 4. The molecule has 0 N–H and O–H groups in total. The Hall–Kier alpha value is -2.56. The minimum absolute atomic E-state index is 0.00593. The van der Waals surface area contributed by atoms with E-state index in [1.54, 1.807) is 6.07 Å². The number of ketones is 1. The van der Waals surface area contributed by atoms with E-state index in [9.17, 15) is 4.79 Å². The Kier molecular flexibility index (Phi) is 3.25. The molecule has 0 atom stereocenters. The number of fused-ring (bicyclic) bond motifs is 1. The molecule has 2 aromatic heterocycles. The Balaban J connectivity index is 1.97. The highest BCUT2D eigenvalue weighted by atomic mass is 16.1. The molecule has 5 heteroatoms. The second-order valence-electron chi connectivity index (χ2n) is 4.51. The van der Waals surface area contributed by atoms with E-state index in [0.29, 0.717) is 5.56 Å². The van der Waals surface area contributed by atoms with E-state index in [1.807, 2.05) is 35.9 Å². The van der Waals surface area contributed by atoms with Crippen molar-refractivity contribution in [2.75, 3.05) is 0 Å². The maximum Gasteiger partial charge on any atom is 0.170 e. The summed E-state index contributed by atoms with van der Waals surface area (Å²) in [6.45, 7) is 2.82. The maximum absolute atomic E-state index is 12.2. The third-order valence-corrected chi connectivity index (χ3v) is 3.27. The smallest absolute Gasteiger partial charge is 0.170 e. The van der Waals surface area contributed by atoms with E-state index in [1.165, 1.54) is 12.4 Å². The summed E-state index contributed by atoms with van der Waals surface area (Å²) in [5.74, 6) is 0.00593. The van der Waals surface area contributed by atoms with Gasteiger partial charge in [0, 0.05) is 17.5 Å². The molecule has 0 saturated heterocycles. The minimum atomic E-state index is 0.00593. The van der Waals surface area contributed by atoms with Gasteiger partial charge in [-0.25, -0.2) is 0 Å². The highest BCUT2D eigenvalue weighted by Crippen LogP contribution is 2.19. The highest BCUT2D eigenvalue weighted by Gasteiger charge is 2.14. The van der Waals surface area contributed by atoms with E-state index < -0.39 is 0 Å². The lowest BCUT2D eigenvalue weighted by molar-refractivity contribution is 0.0991. The van der Waals surface area contributed by atoms with Crippen molar-refractivity contribution in [3.8, 4) is 0 Å². The van der Waals surface area contributed by atoms with Gasteiger partial charge in [0.2, 0.25) is 0 Å². The third-order valence-electron chi connectivity index (χ3n) is 3.27. The van der Waals surface area contributed by atoms with Crippen molar-refractivity contribution in [2.24, 2.45) is 0 Å². The van der Waals surface area contributed by atoms with Crippen molar-refractivity contribution in [1.29, 1.82) is 0 Å². The fraction of sp³-hybridized carbons (Fsp3) is 0.200. The van der Waals surface area contributed by atoms with Crippen LogP contribution in [0.2, 0.25) is 0 Å². The molecule has 0 aliphatic heterocycles. The summed E-state index contributed by atoms with van der Waals surface area (Å²) in [4.78, 5) is 12.2. The Labute approximate surface area is 116 Å². The average Bonchev–Trinajstić information content (AvgIpc) is 2.86. The summed E-state index contributed by atoms with van der Waals surface area (Å²) in [6, 6.07) is 9.64. The van der Waals surface area contributed by atoms with Crippen LogP contribution in [0.3, 0.4) is 0 Å². The number of aryl methyl sites for hydroxylation is 1. The quantitative estimate of drug-likeness (QED) is 0.680. The predicted molar refractivity (Wildman–Crippen MR) is 75.5 cm³/mol. The van der Waals surface area contributed by atoms with E-state index in [2.05, 4.69) is 15.3 Å². The van der Waals surface area contributed by atoms with Crippen LogP contribution in [0.25, 0.3) is 10.9 Å². The molecule has 0 aliphatic rings. The Morgan fingerprint density at radius 3 is 2.80 bits per heavy atom. The normalized spacial score (nSPS) is 10.8. The van der Waals surface area contributed by atoms with Crippen molar-refractivity contribution in [2.45, 2.75) is 19.9 Å². The summed E-state index contributed by atoms with van der Waals surface area (Å²) in [7, 11) is 0. The number of rotatable bonds is 4. The zero-order chi connectivity index (χ0) is 13.9. The molecule has 0 radical (unpaired) electrons. The van der Waals surface area contributed by atoms with Crippen LogP contribution in [0.4, 0.5) is 0 Å². The summed E-state index contributed by atoms with van der Waals surface area (Å²) < 4.78 is 1.92. The zero-order valence-electron chi connectivity index (χ0n) is 11.2. The molecule has 3 rings (SSSR count). The highest BCUT2D eigenvalue weighted by molar-refractivity contribution is 5.99. The van der Waals surface area contributed by atoms with Gasteiger partial charge in [-0.05, 0) is 19.1 Å². The fourth-order valence-electron chi connectivity index (χ4n) is 2.28. The summed E-state index contributed by atoms with van der Waals surface area (Å²) in [5, 5.41) is 13.0. The molecule has 0 aliphatic carbocycles. The van der Waals surface area contributed by atoms with Gasteiger partial charge in [0.25, 0.3) is 0 Å². The second kappa shape index (κ2) is 5.21. The zero-order valence-corrected chi connectivity index (χ0v) is 11.2. The number of benzene rings is 1. The van der Waals surface area contributed by atoms with Crippen LogP contribution in [0.15, 0.2) is 42.7 Å². The molecule has 0 saturated carbocycles. The van der Waals surface area contributed by atoms with Crippen LogP contribution in [0.1, 0.15) is 23.0 Å². The van der Waals surface area contributed by atoms with Crippen LogP contribution < -0.4 is 0 Å². The molecular formula is C15H14N4O. The van der Waals surface area contributed by atoms with E-state index in [-0.39, 0.29) is 12.2 Å². The fourth-order valence-corrected chi connectivity index (χ4v) is 2.28. The van der Waals surface area contributed by atoms with Gasteiger partial charge in [0.15, 0.2) is 5.78 Å². The molecule has 20 heavy (non-hydrogen) atoms. The van der Waals surface area contributed by atoms with Crippen LogP contribution in [-0.2, 0) is 13.0 Å². The van der Waals surface area contributed by atoms with Gasteiger partial charge in [0.05, 0.1) is 30.0 Å². The van der Waals surface area contributed by atoms with Crippen molar-refractivity contribution >= 4 is 16.7 Å².